The van der Waals surface area contributed by atoms with Crippen molar-refractivity contribution in [2.45, 2.75) is 25.2 Å². The highest BCUT2D eigenvalue weighted by Crippen LogP contribution is 2.28. The molecule has 2 aliphatic heterocycles. The Labute approximate surface area is 157 Å². The Balaban J connectivity index is 1.67. The van der Waals surface area contributed by atoms with Gasteiger partial charge in [-0.3, -0.25) is 14.5 Å². The minimum Gasteiger partial charge on any atom is -0.497 e. The number of ether oxygens (including phenoxy) is 1. The number of thiocarbonyl (C=S) groups is 1. The van der Waals surface area contributed by atoms with Crippen LogP contribution < -0.4 is 4.74 Å². The van der Waals surface area contributed by atoms with Gasteiger partial charge in [0.25, 0.3) is 0 Å². The second-order valence-electron chi connectivity index (χ2n) is 6.34. The standard InChI is InChI=1S/C18H22N2O3S2/c1-23-15-7-5-13(6-8-15)14-4-2-3-9-19(10-14)16(21)11-20-17(22)12-25-18(20)24/h5-8,14H,2-4,9-12H2,1H3/t14-/m0/s1. The summed E-state index contributed by atoms with van der Waals surface area (Å²) in [5.74, 6) is 1.42. The van der Waals surface area contributed by atoms with Crippen molar-refractivity contribution in [3.05, 3.63) is 29.8 Å². The van der Waals surface area contributed by atoms with Gasteiger partial charge in [0.1, 0.15) is 16.6 Å². The molecule has 1 aromatic carbocycles. The summed E-state index contributed by atoms with van der Waals surface area (Å²) in [6.07, 6.45) is 3.15. The monoisotopic (exact) mass is 378 g/mol. The summed E-state index contributed by atoms with van der Waals surface area (Å²) >= 11 is 6.51. The molecule has 1 aromatic rings. The second-order valence-corrected chi connectivity index (χ2v) is 7.95. The molecule has 2 aliphatic rings. The molecule has 7 heteroatoms. The van der Waals surface area contributed by atoms with Crippen LogP contribution in [0.5, 0.6) is 5.75 Å². The van der Waals surface area contributed by atoms with Crippen LogP contribution in [0.4, 0.5) is 0 Å². The quantitative estimate of drug-likeness (QED) is 0.754. The van der Waals surface area contributed by atoms with E-state index >= 15 is 0 Å². The van der Waals surface area contributed by atoms with Crippen molar-refractivity contribution in [1.29, 1.82) is 0 Å². The molecule has 1 atom stereocenters. The average molecular weight is 379 g/mol. The van der Waals surface area contributed by atoms with Crippen molar-refractivity contribution in [2.75, 3.05) is 32.5 Å². The van der Waals surface area contributed by atoms with E-state index in [2.05, 4.69) is 12.1 Å². The van der Waals surface area contributed by atoms with E-state index in [1.165, 1.54) is 22.2 Å². The Kier molecular flexibility index (Phi) is 5.96. The third kappa shape index (κ3) is 4.33. The second kappa shape index (κ2) is 8.19. The van der Waals surface area contributed by atoms with Gasteiger partial charge in [0, 0.05) is 19.0 Å². The maximum Gasteiger partial charge on any atom is 0.242 e. The highest BCUT2D eigenvalue weighted by Gasteiger charge is 2.31. The number of likely N-dealkylation sites (tertiary alicyclic amines) is 1. The minimum absolute atomic E-state index is 0.0152. The van der Waals surface area contributed by atoms with Crippen LogP contribution in [0.15, 0.2) is 24.3 Å². The average Bonchev–Trinajstić information content (AvgIpc) is 2.84. The maximum absolute atomic E-state index is 12.7. The summed E-state index contributed by atoms with van der Waals surface area (Å²) in [7, 11) is 1.66. The first-order valence-electron chi connectivity index (χ1n) is 8.47. The molecule has 0 radical (unpaired) electrons. The molecule has 0 aliphatic carbocycles. The SMILES string of the molecule is COc1ccc([C@H]2CCCCN(C(=O)CN3C(=O)CSC3=S)C2)cc1. The van der Waals surface area contributed by atoms with Gasteiger partial charge < -0.3 is 9.64 Å². The normalized spacial score (nSPS) is 21.4. The molecule has 2 fully saturated rings. The highest BCUT2D eigenvalue weighted by molar-refractivity contribution is 8.23. The number of rotatable bonds is 4. The number of hydrogen-bond acceptors (Lipinski definition) is 5. The molecule has 0 saturated carbocycles. The zero-order valence-electron chi connectivity index (χ0n) is 14.3. The van der Waals surface area contributed by atoms with Crippen LogP contribution in [0.25, 0.3) is 0 Å². The van der Waals surface area contributed by atoms with Gasteiger partial charge >= 0.3 is 0 Å². The first-order chi connectivity index (χ1) is 12.1. The molecule has 25 heavy (non-hydrogen) atoms. The maximum atomic E-state index is 12.7. The van der Waals surface area contributed by atoms with Crippen LogP contribution in [0.1, 0.15) is 30.7 Å². The predicted molar refractivity (Wildman–Crippen MR) is 103 cm³/mol. The first-order valence-corrected chi connectivity index (χ1v) is 9.86. The number of hydrogen-bond donors (Lipinski definition) is 0. The fourth-order valence-electron chi connectivity index (χ4n) is 3.29. The van der Waals surface area contributed by atoms with E-state index in [0.717, 1.165) is 31.6 Å². The van der Waals surface area contributed by atoms with E-state index in [4.69, 9.17) is 17.0 Å². The summed E-state index contributed by atoms with van der Waals surface area (Å²) in [4.78, 5) is 27.9. The third-order valence-electron chi connectivity index (χ3n) is 4.75. The molecule has 5 nitrogen and oxygen atoms in total. The van der Waals surface area contributed by atoms with Gasteiger partial charge in [0.15, 0.2) is 0 Å². The van der Waals surface area contributed by atoms with Gasteiger partial charge in [0.2, 0.25) is 11.8 Å². The Hall–Kier alpha value is -1.60. The van der Waals surface area contributed by atoms with E-state index in [-0.39, 0.29) is 18.4 Å². The fraction of sp³-hybridized carbons (Fsp3) is 0.500. The molecule has 0 aromatic heterocycles. The lowest BCUT2D eigenvalue weighted by Crippen LogP contribution is -2.43. The summed E-state index contributed by atoms with van der Waals surface area (Å²) in [6.45, 7) is 1.50. The van der Waals surface area contributed by atoms with Crippen LogP contribution >= 0.6 is 24.0 Å². The molecule has 0 unspecified atom stereocenters. The smallest absolute Gasteiger partial charge is 0.242 e. The predicted octanol–water partition coefficient (Wildman–Crippen LogP) is 2.65. The lowest BCUT2D eigenvalue weighted by molar-refractivity contribution is -0.136. The van der Waals surface area contributed by atoms with E-state index in [1.54, 1.807) is 7.11 Å². The molecule has 2 amide bonds. The van der Waals surface area contributed by atoms with Crippen molar-refractivity contribution < 1.29 is 14.3 Å². The number of nitrogens with zero attached hydrogens (tertiary/aromatic N) is 2. The number of amides is 2. The highest BCUT2D eigenvalue weighted by atomic mass is 32.2. The molecule has 2 heterocycles. The first kappa shape index (κ1) is 18.2. The number of methoxy groups -OCH3 is 1. The van der Waals surface area contributed by atoms with Gasteiger partial charge in [-0.1, -0.05) is 42.5 Å². The van der Waals surface area contributed by atoms with Gasteiger partial charge in [0.05, 0.1) is 12.9 Å². The van der Waals surface area contributed by atoms with Gasteiger partial charge in [-0.25, -0.2) is 0 Å². The Morgan fingerprint density at radius 3 is 2.72 bits per heavy atom. The van der Waals surface area contributed by atoms with Crippen LogP contribution in [-0.2, 0) is 9.59 Å². The summed E-state index contributed by atoms with van der Waals surface area (Å²) in [5.41, 5.74) is 1.23. The lowest BCUT2D eigenvalue weighted by atomic mass is 9.94. The zero-order chi connectivity index (χ0) is 17.8. The van der Waals surface area contributed by atoms with Crippen molar-refractivity contribution in [2.24, 2.45) is 0 Å². The van der Waals surface area contributed by atoms with Crippen LogP contribution in [0, 0.1) is 0 Å². The van der Waals surface area contributed by atoms with E-state index in [0.29, 0.717) is 22.5 Å². The Bertz CT molecular complexity index is 647. The van der Waals surface area contributed by atoms with Crippen molar-refractivity contribution >= 4 is 40.1 Å². The van der Waals surface area contributed by atoms with Crippen LogP contribution in [0.2, 0.25) is 0 Å². The Morgan fingerprint density at radius 2 is 2.08 bits per heavy atom. The molecule has 0 spiro atoms. The van der Waals surface area contributed by atoms with Crippen molar-refractivity contribution in [1.82, 2.24) is 9.80 Å². The molecular formula is C18H22N2O3S2. The minimum atomic E-state index is -0.0649. The summed E-state index contributed by atoms with van der Waals surface area (Å²) in [6, 6.07) is 8.08. The molecule has 3 rings (SSSR count). The number of carbonyl (C=O) groups is 2. The summed E-state index contributed by atoms with van der Waals surface area (Å²) in [5, 5.41) is 0. The largest absolute Gasteiger partial charge is 0.497 e. The van der Waals surface area contributed by atoms with Crippen molar-refractivity contribution in [3.8, 4) is 5.75 Å². The molecule has 134 valence electrons. The molecule has 0 bridgehead atoms. The fourth-order valence-corrected chi connectivity index (χ4v) is 4.35. The van der Waals surface area contributed by atoms with Gasteiger partial charge in [-0.15, -0.1) is 0 Å². The van der Waals surface area contributed by atoms with Crippen LogP contribution in [-0.4, -0.2) is 58.4 Å². The van der Waals surface area contributed by atoms with E-state index in [9.17, 15) is 9.59 Å². The zero-order valence-corrected chi connectivity index (χ0v) is 15.9. The van der Waals surface area contributed by atoms with Gasteiger partial charge in [-0.2, -0.15) is 0 Å². The Morgan fingerprint density at radius 1 is 1.32 bits per heavy atom. The molecule has 0 N–H and O–H groups in total. The summed E-state index contributed by atoms with van der Waals surface area (Å²) < 4.78 is 5.73. The van der Waals surface area contributed by atoms with E-state index in [1.807, 2.05) is 17.0 Å². The van der Waals surface area contributed by atoms with Crippen LogP contribution in [0.3, 0.4) is 0 Å². The number of carbonyl (C=O) groups excluding carboxylic acids is 2. The van der Waals surface area contributed by atoms with Crippen molar-refractivity contribution in [3.63, 3.8) is 0 Å². The van der Waals surface area contributed by atoms with E-state index < -0.39 is 0 Å². The topological polar surface area (TPSA) is 49.9 Å². The molecule has 2 saturated heterocycles. The lowest BCUT2D eigenvalue weighted by Gasteiger charge is -2.27. The number of benzene rings is 1. The third-order valence-corrected chi connectivity index (χ3v) is 6.18. The number of thioether (sulfide) groups is 1. The molecular weight excluding hydrogens is 356 g/mol. The van der Waals surface area contributed by atoms with Gasteiger partial charge in [-0.05, 0) is 30.5 Å².